The zero-order valence-electron chi connectivity index (χ0n) is 14.2. The molecular formula is C18H20F3NO4. The van der Waals surface area contributed by atoms with Gasteiger partial charge in [-0.1, -0.05) is 6.92 Å². The summed E-state index contributed by atoms with van der Waals surface area (Å²) in [5, 5.41) is 20.2. The van der Waals surface area contributed by atoms with E-state index in [2.05, 4.69) is 0 Å². The highest BCUT2D eigenvalue weighted by atomic mass is 19.4. The van der Waals surface area contributed by atoms with Crippen molar-refractivity contribution in [1.82, 2.24) is 4.90 Å². The van der Waals surface area contributed by atoms with Gasteiger partial charge in [0.1, 0.15) is 11.3 Å². The van der Waals surface area contributed by atoms with Gasteiger partial charge in [0.2, 0.25) is 0 Å². The molecule has 1 aliphatic heterocycles. The lowest BCUT2D eigenvalue weighted by Crippen LogP contribution is -2.46. The molecule has 2 atom stereocenters. The molecule has 0 radical (unpaired) electrons. The maximum atomic E-state index is 12.9. The van der Waals surface area contributed by atoms with Crippen molar-refractivity contribution in [3.05, 3.63) is 39.7 Å². The molecule has 0 aliphatic carbocycles. The lowest BCUT2D eigenvalue weighted by Gasteiger charge is -2.30. The van der Waals surface area contributed by atoms with Gasteiger partial charge in [0.15, 0.2) is 6.10 Å². The number of benzene rings is 1. The van der Waals surface area contributed by atoms with E-state index in [0.29, 0.717) is 35.9 Å². The summed E-state index contributed by atoms with van der Waals surface area (Å²) in [5.41, 5.74) is 0.728. The first kappa shape index (κ1) is 18.7. The van der Waals surface area contributed by atoms with Crippen LogP contribution < -0.4 is 5.63 Å². The Labute approximate surface area is 147 Å². The molecule has 26 heavy (non-hydrogen) atoms. The molecule has 0 unspecified atom stereocenters. The molecule has 2 N–H and O–H groups in total. The molecule has 142 valence electrons. The number of rotatable bonds is 4. The van der Waals surface area contributed by atoms with E-state index in [0.717, 1.165) is 0 Å². The second-order valence-electron chi connectivity index (χ2n) is 6.59. The van der Waals surface area contributed by atoms with Crippen molar-refractivity contribution in [2.45, 2.75) is 51.1 Å². The summed E-state index contributed by atoms with van der Waals surface area (Å²) < 4.78 is 43.8. The van der Waals surface area contributed by atoms with Gasteiger partial charge in [0.05, 0.1) is 0 Å². The Bertz CT molecular complexity index is 862. The topological polar surface area (TPSA) is 73.9 Å². The van der Waals surface area contributed by atoms with Crippen LogP contribution in [0.15, 0.2) is 27.4 Å². The molecule has 1 saturated heterocycles. The standard InChI is InChI=1S/C18H20F3NO4/c1-2-10-6-12-11(7-16(24)26-15(12)8-14(10)23)9-22-5-3-4-13(22)17(25)18(19,20)21/h6-8,13,17,23,25H,2-5,9H2,1H3/t13-,17-/m1/s1. The third kappa shape index (κ3) is 3.57. The van der Waals surface area contributed by atoms with E-state index in [1.54, 1.807) is 11.0 Å². The number of phenolic OH excluding ortho intramolecular Hbond substituents is 1. The van der Waals surface area contributed by atoms with E-state index < -0.39 is 23.9 Å². The highest BCUT2D eigenvalue weighted by Crippen LogP contribution is 2.33. The maximum absolute atomic E-state index is 12.9. The summed E-state index contributed by atoms with van der Waals surface area (Å²) in [7, 11) is 0. The van der Waals surface area contributed by atoms with E-state index in [1.165, 1.54) is 12.1 Å². The van der Waals surface area contributed by atoms with Gasteiger partial charge in [-0.2, -0.15) is 13.2 Å². The molecule has 0 amide bonds. The first-order chi connectivity index (χ1) is 12.2. The van der Waals surface area contributed by atoms with Crippen LogP contribution in [0, 0.1) is 0 Å². The maximum Gasteiger partial charge on any atom is 0.415 e. The fraction of sp³-hybridized carbons (Fsp3) is 0.500. The second kappa shape index (κ2) is 6.92. The Morgan fingerprint density at radius 3 is 2.69 bits per heavy atom. The normalized spacial score (nSPS) is 20.0. The Balaban J connectivity index is 1.99. The average molecular weight is 371 g/mol. The molecule has 3 rings (SSSR count). The number of phenols is 1. The summed E-state index contributed by atoms with van der Waals surface area (Å²) in [6, 6.07) is 3.26. The van der Waals surface area contributed by atoms with Crippen molar-refractivity contribution in [1.29, 1.82) is 0 Å². The number of aromatic hydroxyl groups is 1. The smallest absolute Gasteiger partial charge is 0.415 e. The van der Waals surface area contributed by atoms with Crippen molar-refractivity contribution >= 4 is 11.0 Å². The zero-order chi connectivity index (χ0) is 19.1. The van der Waals surface area contributed by atoms with Crippen LogP contribution in [0.5, 0.6) is 5.75 Å². The summed E-state index contributed by atoms with van der Waals surface area (Å²) in [4.78, 5) is 13.4. The van der Waals surface area contributed by atoms with Crippen molar-refractivity contribution < 1.29 is 27.8 Å². The van der Waals surface area contributed by atoms with Crippen LogP contribution in [0.4, 0.5) is 13.2 Å². The Hall–Kier alpha value is -2.06. The molecule has 1 fully saturated rings. The SMILES string of the molecule is CCc1cc2c(CN3CCC[C@@H]3[C@@H](O)C(F)(F)F)cc(=O)oc2cc1O. The van der Waals surface area contributed by atoms with Gasteiger partial charge in [-0.15, -0.1) is 0 Å². The molecule has 1 aromatic carbocycles. The van der Waals surface area contributed by atoms with Crippen molar-refractivity contribution in [3.63, 3.8) is 0 Å². The lowest BCUT2D eigenvalue weighted by molar-refractivity contribution is -0.219. The van der Waals surface area contributed by atoms with Crippen LogP contribution in [-0.4, -0.2) is 40.0 Å². The largest absolute Gasteiger partial charge is 0.508 e. The summed E-state index contributed by atoms with van der Waals surface area (Å²) in [5.74, 6) is 0.00634. The predicted molar refractivity (Wildman–Crippen MR) is 89.0 cm³/mol. The number of halogens is 3. The van der Waals surface area contributed by atoms with Gasteiger partial charge in [-0.05, 0) is 43.0 Å². The van der Waals surface area contributed by atoms with Gasteiger partial charge in [0.25, 0.3) is 0 Å². The molecule has 1 aromatic heterocycles. The lowest BCUT2D eigenvalue weighted by atomic mass is 10.0. The first-order valence-corrected chi connectivity index (χ1v) is 8.48. The number of hydrogen-bond donors (Lipinski definition) is 2. The van der Waals surface area contributed by atoms with Gasteiger partial charge < -0.3 is 14.6 Å². The Morgan fingerprint density at radius 1 is 1.31 bits per heavy atom. The average Bonchev–Trinajstić information content (AvgIpc) is 3.00. The quantitative estimate of drug-likeness (QED) is 0.809. The Kier molecular flexibility index (Phi) is 4.98. The molecular weight excluding hydrogens is 351 g/mol. The van der Waals surface area contributed by atoms with E-state index in [-0.39, 0.29) is 24.3 Å². The highest BCUT2D eigenvalue weighted by molar-refractivity contribution is 5.82. The van der Waals surface area contributed by atoms with Crippen molar-refractivity contribution in [2.75, 3.05) is 6.54 Å². The number of aryl methyl sites for hydroxylation is 1. The number of nitrogens with zero attached hydrogens (tertiary/aromatic N) is 1. The van der Waals surface area contributed by atoms with Crippen LogP contribution in [0.2, 0.25) is 0 Å². The van der Waals surface area contributed by atoms with Crippen molar-refractivity contribution in [2.24, 2.45) is 0 Å². The molecule has 8 heteroatoms. The third-order valence-corrected chi connectivity index (χ3v) is 4.90. The minimum absolute atomic E-state index is 0.00634. The summed E-state index contributed by atoms with van der Waals surface area (Å²) in [6.45, 7) is 2.35. The summed E-state index contributed by atoms with van der Waals surface area (Å²) in [6.07, 6.45) is -5.78. The van der Waals surface area contributed by atoms with Gasteiger partial charge >= 0.3 is 11.8 Å². The fourth-order valence-electron chi connectivity index (χ4n) is 3.56. The van der Waals surface area contributed by atoms with Gasteiger partial charge in [-0.3, -0.25) is 4.90 Å². The Morgan fingerprint density at radius 2 is 2.04 bits per heavy atom. The molecule has 0 bridgehead atoms. The van der Waals surface area contributed by atoms with Crippen molar-refractivity contribution in [3.8, 4) is 5.75 Å². The highest BCUT2D eigenvalue weighted by Gasteiger charge is 2.47. The number of aliphatic hydroxyl groups excluding tert-OH is 1. The number of aliphatic hydroxyl groups is 1. The number of likely N-dealkylation sites (tertiary alicyclic amines) is 1. The van der Waals surface area contributed by atoms with E-state index in [9.17, 15) is 28.2 Å². The molecule has 2 heterocycles. The molecule has 2 aromatic rings. The van der Waals surface area contributed by atoms with Crippen LogP contribution >= 0.6 is 0 Å². The van der Waals surface area contributed by atoms with Crippen LogP contribution in [0.25, 0.3) is 11.0 Å². The fourth-order valence-corrected chi connectivity index (χ4v) is 3.56. The van der Waals surface area contributed by atoms with Crippen LogP contribution in [0.1, 0.15) is 30.9 Å². The van der Waals surface area contributed by atoms with Gasteiger partial charge in [0, 0.05) is 30.1 Å². The number of alkyl halides is 3. The van der Waals surface area contributed by atoms with Crippen LogP contribution in [0.3, 0.4) is 0 Å². The van der Waals surface area contributed by atoms with E-state index in [4.69, 9.17) is 4.42 Å². The monoisotopic (exact) mass is 371 g/mol. The molecule has 0 saturated carbocycles. The molecule has 1 aliphatic rings. The second-order valence-corrected chi connectivity index (χ2v) is 6.59. The first-order valence-electron chi connectivity index (χ1n) is 8.48. The number of hydrogen-bond acceptors (Lipinski definition) is 5. The van der Waals surface area contributed by atoms with E-state index >= 15 is 0 Å². The van der Waals surface area contributed by atoms with Gasteiger partial charge in [-0.25, -0.2) is 4.79 Å². The third-order valence-electron chi connectivity index (χ3n) is 4.90. The summed E-state index contributed by atoms with van der Waals surface area (Å²) >= 11 is 0. The van der Waals surface area contributed by atoms with E-state index in [1.807, 2.05) is 6.92 Å². The predicted octanol–water partition coefficient (Wildman–Crippen LogP) is 2.95. The zero-order valence-corrected chi connectivity index (χ0v) is 14.2. The molecule has 5 nitrogen and oxygen atoms in total. The molecule has 0 spiro atoms. The van der Waals surface area contributed by atoms with Crippen LogP contribution in [-0.2, 0) is 13.0 Å². The minimum Gasteiger partial charge on any atom is -0.508 e. The number of fused-ring (bicyclic) bond motifs is 1. The minimum atomic E-state index is -4.69.